The topological polar surface area (TPSA) is 50.7 Å². The summed E-state index contributed by atoms with van der Waals surface area (Å²) in [4.78, 5) is 0. The van der Waals surface area contributed by atoms with Crippen LogP contribution in [-0.4, -0.2) is 37.5 Å². The largest absolute Gasteiger partial charge is 0.494 e. The Morgan fingerprint density at radius 2 is 1.59 bits per heavy atom. The lowest BCUT2D eigenvalue weighted by molar-refractivity contribution is 0.0788. The number of aliphatic hydroxyl groups is 1. The second-order valence-corrected chi connectivity index (χ2v) is 10.0. The summed E-state index contributed by atoms with van der Waals surface area (Å²) >= 11 is 0. The third-order valence-corrected chi connectivity index (χ3v) is 7.40. The first-order valence-corrected chi connectivity index (χ1v) is 13.5. The van der Waals surface area contributed by atoms with Gasteiger partial charge in [-0.15, -0.1) is 0 Å². The molecule has 4 aromatic rings. The first-order chi connectivity index (χ1) is 18.3. The van der Waals surface area contributed by atoms with Crippen molar-refractivity contribution in [3.63, 3.8) is 0 Å². The van der Waals surface area contributed by atoms with E-state index < -0.39 is 6.10 Å². The molecular formula is C33H37NO3. The molecule has 0 bridgehead atoms. The predicted octanol–water partition coefficient (Wildman–Crippen LogP) is 6.12. The van der Waals surface area contributed by atoms with E-state index in [0.29, 0.717) is 32.2 Å². The zero-order chi connectivity index (χ0) is 25.3. The van der Waals surface area contributed by atoms with Crippen LogP contribution in [-0.2, 0) is 17.8 Å². The van der Waals surface area contributed by atoms with Crippen molar-refractivity contribution in [2.24, 2.45) is 5.92 Å². The van der Waals surface area contributed by atoms with E-state index in [0.717, 1.165) is 31.7 Å². The summed E-state index contributed by atoms with van der Waals surface area (Å²) in [6.07, 6.45) is 2.15. The van der Waals surface area contributed by atoms with Gasteiger partial charge >= 0.3 is 0 Å². The Balaban J connectivity index is 1.12. The van der Waals surface area contributed by atoms with E-state index >= 15 is 0 Å². The molecule has 2 N–H and O–H groups in total. The number of aliphatic hydroxyl groups excluding tert-OH is 1. The molecule has 1 heterocycles. The molecule has 0 aliphatic carbocycles. The summed E-state index contributed by atoms with van der Waals surface area (Å²) in [6.45, 7) is 3.76. The van der Waals surface area contributed by atoms with E-state index in [1.54, 1.807) is 0 Å². The number of rotatable bonds is 11. The minimum atomic E-state index is -0.397. The van der Waals surface area contributed by atoms with Gasteiger partial charge in [-0.3, -0.25) is 0 Å². The van der Waals surface area contributed by atoms with Gasteiger partial charge in [0, 0.05) is 18.9 Å². The molecular weight excluding hydrogens is 458 g/mol. The Morgan fingerprint density at radius 3 is 2.43 bits per heavy atom. The van der Waals surface area contributed by atoms with Crippen LogP contribution in [0.4, 0.5) is 0 Å². The lowest BCUT2D eigenvalue weighted by atomic mass is 9.76. The SMILES string of the molecule is OC(Cc1ccc2ccccc2c1)C1CNCCC1c1ccc(OCCCOCc2ccccc2)cc1. The molecule has 4 aromatic carbocycles. The van der Waals surface area contributed by atoms with E-state index in [2.05, 4.69) is 84.2 Å². The lowest BCUT2D eigenvalue weighted by Gasteiger charge is -2.36. The van der Waals surface area contributed by atoms with Gasteiger partial charge in [-0.05, 0) is 64.9 Å². The average Bonchev–Trinajstić information content (AvgIpc) is 2.96. The summed E-state index contributed by atoms with van der Waals surface area (Å²) in [5, 5.41) is 17.2. The minimum Gasteiger partial charge on any atom is -0.494 e. The molecule has 37 heavy (non-hydrogen) atoms. The fourth-order valence-corrected chi connectivity index (χ4v) is 5.39. The van der Waals surface area contributed by atoms with Gasteiger partial charge in [0.2, 0.25) is 0 Å². The van der Waals surface area contributed by atoms with Gasteiger partial charge < -0.3 is 19.9 Å². The van der Waals surface area contributed by atoms with Crippen molar-refractivity contribution in [2.45, 2.75) is 37.9 Å². The van der Waals surface area contributed by atoms with Crippen molar-refractivity contribution in [1.82, 2.24) is 5.32 Å². The molecule has 4 heteroatoms. The van der Waals surface area contributed by atoms with Gasteiger partial charge in [-0.1, -0.05) is 84.9 Å². The Morgan fingerprint density at radius 1 is 0.811 bits per heavy atom. The molecule has 0 amide bonds. The lowest BCUT2D eigenvalue weighted by Crippen LogP contribution is -2.42. The van der Waals surface area contributed by atoms with E-state index in [1.165, 1.54) is 27.5 Å². The molecule has 0 spiro atoms. The van der Waals surface area contributed by atoms with Gasteiger partial charge in [-0.25, -0.2) is 0 Å². The highest BCUT2D eigenvalue weighted by Gasteiger charge is 2.32. The molecule has 3 unspecified atom stereocenters. The summed E-state index contributed by atoms with van der Waals surface area (Å²) < 4.78 is 11.7. The van der Waals surface area contributed by atoms with Gasteiger partial charge in [0.25, 0.3) is 0 Å². The monoisotopic (exact) mass is 495 g/mol. The van der Waals surface area contributed by atoms with E-state index in [9.17, 15) is 5.11 Å². The number of fused-ring (bicyclic) bond motifs is 1. The van der Waals surface area contributed by atoms with Gasteiger partial charge in [-0.2, -0.15) is 0 Å². The smallest absolute Gasteiger partial charge is 0.119 e. The Labute approximate surface area is 220 Å². The molecule has 5 rings (SSSR count). The van der Waals surface area contributed by atoms with Crippen LogP contribution < -0.4 is 10.1 Å². The van der Waals surface area contributed by atoms with Crippen molar-refractivity contribution >= 4 is 10.8 Å². The number of nitrogens with one attached hydrogen (secondary N) is 1. The van der Waals surface area contributed by atoms with Crippen LogP contribution in [0.2, 0.25) is 0 Å². The van der Waals surface area contributed by atoms with Crippen LogP contribution in [0.5, 0.6) is 5.75 Å². The molecule has 1 fully saturated rings. The van der Waals surface area contributed by atoms with Crippen LogP contribution >= 0.6 is 0 Å². The molecule has 0 saturated carbocycles. The second kappa shape index (κ2) is 12.9. The normalized spacial score (nSPS) is 18.5. The maximum Gasteiger partial charge on any atom is 0.119 e. The number of ether oxygens (including phenoxy) is 2. The highest BCUT2D eigenvalue weighted by Crippen LogP contribution is 2.34. The Bertz CT molecular complexity index is 1240. The summed E-state index contributed by atoms with van der Waals surface area (Å²) in [5.74, 6) is 1.39. The summed E-state index contributed by atoms with van der Waals surface area (Å²) in [7, 11) is 0. The minimum absolute atomic E-state index is 0.175. The standard InChI is InChI=1S/C33H37NO3/c35-33(22-26-11-12-27-9-4-5-10-29(27)21-26)32-23-34-18-17-31(32)28-13-15-30(16-14-28)37-20-6-19-36-24-25-7-2-1-3-8-25/h1-5,7-16,21,31-35H,6,17-20,22-24H2. The predicted molar refractivity (Wildman–Crippen MR) is 150 cm³/mol. The van der Waals surface area contributed by atoms with E-state index in [-0.39, 0.29) is 5.92 Å². The molecule has 1 saturated heterocycles. The first kappa shape index (κ1) is 25.5. The van der Waals surface area contributed by atoms with E-state index in [1.807, 2.05) is 18.2 Å². The molecule has 4 nitrogen and oxygen atoms in total. The average molecular weight is 496 g/mol. The molecule has 0 aromatic heterocycles. The van der Waals surface area contributed by atoms with Crippen LogP contribution in [0.25, 0.3) is 10.8 Å². The maximum atomic E-state index is 11.3. The maximum absolute atomic E-state index is 11.3. The highest BCUT2D eigenvalue weighted by atomic mass is 16.5. The van der Waals surface area contributed by atoms with Crippen LogP contribution in [0, 0.1) is 5.92 Å². The molecule has 192 valence electrons. The molecule has 0 radical (unpaired) electrons. The van der Waals surface area contributed by atoms with Gasteiger partial charge in [0.1, 0.15) is 5.75 Å². The zero-order valence-corrected chi connectivity index (χ0v) is 21.4. The van der Waals surface area contributed by atoms with Crippen molar-refractivity contribution < 1.29 is 14.6 Å². The molecule has 3 atom stereocenters. The summed E-state index contributed by atoms with van der Waals surface area (Å²) in [6, 6.07) is 33.6. The number of hydrogen-bond donors (Lipinski definition) is 2. The van der Waals surface area contributed by atoms with Crippen molar-refractivity contribution in [2.75, 3.05) is 26.3 Å². The first-order valence-electron chi connectivity index (χ1n) is 13.5. The highest BCUT2D eigenvalue weighted by molar-refractivity contribution is 5.83. The van der Waals surface area contributed by atoms with Crippen molar-refractivity contribution in [1.29, 1.82) is 0 Å². The van der Waals surface area contributed by atoms with Crippen LogP contribution in [0.15, 0.2) is 97.1 Å². The number of benzene rings is 4. The number of piperidine rings is 1. The quantitative estimate of drug-likeness (QED) is 0.246. The second-order valence-electron chi connectivity index (χ2n) is 10.0. The molecule has 1 aliphatic heterocycles. The van der Waals surface area contributed by atoms with Crippen molar-refractivity contribution in [3.8, 4) is 5.75 Å². The van der Waals surface area contributed by atoms with Gasteiger partial charge in [0.05, 0.1) is 25.9 Å². The molecule has 1 aliphatic rings. The third-order valence-electron chi connectivity index (χ3n) is 7.40. The Hall–Kier alpha value is -3.18. The third kappa shape index (κ3) is 6.98. The fraction of sp³-hybridized carbons (Fsp3) is 0.333. The van der Waals surface area contributed by atoms with Crippen LogP contribution in [0.3, 0.4) is 0 Å². The van der Waals surface area contributed by atoms with Crippen molar-refractivity contribution in [3.05, 3.63) is 114 Å². The fourth-order valence-electron chi connectivity index (χ4n) is 5.39. The summed E-state index contributed by atoms with van der Waals surface area (Å²) in [5.41, 5.74) is 3.66. The Kier molecular flexibility index (Phi) is 8.86. The zero-order valence-electron chi connectivity index (χ0n) is 21.4. The number of hydrogen-bond acceptors (Lipinski definition) is 4. The van der Waals surface area contributed by atoms with Crippen LogP contribution in [0.1, 0.15) is 35.4 Å². The van der Waals surface area contributed by atoms with Gasteiger partial charge in [0.15, 0.2) is 0 Å². The van der Waals surface area contributed by atoms with E-state index in [4.69, 9.17) is 9.47 Å².